The van der Waals surface area contributed by atoms with Gasteiger partial charge in [0.25, 0.3) is 5.91 Å². The van der Waals surface area contributed by atoms with Gasteiger partial charge >= 0.3 is 0 Å². The number of nitrogens with one attached hydrogen (secondary N) is 1. The number of carbonyl (C=O) groups excluding carboxylic acids is 1. The first-order chi connectivity index (χ1) is 9.49. The average molecular weight is 295 g/mol. The van der Waals surface area contributed by atoms with Gasteiger partial charge in [-0.2, -0.15) is 0 Å². The number of aryl methyl sites for hydroxylation is 1. The maximum Gasteiger partial charge on any atom is 0.254 e. The molecule has 1 unspecified atom stereocenters. The van der Waals surface area contributed by atoms with Gasteiger partial charge < -0.3 is 10.2 Å². The van der Waals surface area contributed by atoms with Crippen LogP contribution in [-0.4, -0.2) is 36.0 Å². The molecule has 0 bridgehead atoms. The molecule has 0 radical (unpaired) electrons. The summed E-state index contributed by atoms with van der Waals surface area (Å²) in [4.78, 5) is 14.7. The molecule has 2 rings (SSSR count). The Bertz CT molecular complexity index is 481. The van der Waals surface area contributed by atoms with Crippen LogP contribution < -0.4 is 5.32 Å². The van der Waals surface area contributed by atoms with Crippen LogP contribution >= 0.6 is 11.6 Å². The van der Waals surface area contributed by atoms with Gasteiger partial charge in [0.15, 0.2) is 0 Å². The second kappa shape index (κ2) is 6.59. The normalized spacial score (nSPS) is 18.6. The third kappa shape index (κ3) is 3.53. The van der Waals surface area contributed by atoms with Gasteiger partial charge in [0.2, 0.25) is 0 Å². The first-order valence-corrected chi connectivity index (χ1v) is 7.67. The zero-order chi connectivity index (χ0) is 14.7. The first-order valence-electron chi connectivity index (χ1n) is 7.29. The van der Waals surface area contributed by atoms with Crippen molar-refractivity contribution in [2.24, 2.45) is 0 Å². The van der Waals surface area contributed by atoms with Crippen molar-refractivity contribution in [1.29, 1.82) is 0 Å². The van der Waals surface area contributed by atoms with Crippen molar-refractivity contribution in [3.05, 3.63) is 34.3 Å². The fraction of sp³-hybridized carbons (Fsp3) is 0.562. The molecule has 0 spiro atoms. The van der Waals surface area contributed by atoms with Crippen LogP contribution in [0.15, 0.2) is 18.2 Å². The highest BCUT2D eigenvalue weighted by atomic mass is 35.5. The Morgan fingerprint density at radius 3 is 2.85 bits per heavy atom. The Balaban J connectivity index is 2.19. The standard InChI is InChI=1S/C16H23ClN2O/c1-11(2)19(10-14-5-4-8-18-14)16(20)15-9-13(17)7-6-12(15)3/h6-7,9,11,14,18H,4-5,8,10H2,1-3H3. The summed E-state index contributed by atoms with van der Waals surface area (Å²) in [7, 11) is 0. The Morgan fingerprint density at radius 1 is 1.50 bits per heavy atom. The van der Waals surface area contributed by atoms with Crippen molar-refractivity contribution < 1.29 is 4.79 Å². The maximum atomic E-state index is 12.8. The third-order valence-corrected chi connectivity index (χ3v) is 4.13. The van der Waals surface area contributed by atoms with Crippen LogP contribution in [0.25, 0.3) is 0 Å². The Labute approximate surface area is 126 Å². The van der Waals surface area contributed by atoms with Crippen molar-refractivity contribution in [3.63, 3.8) is 0 Å². The van der Waals surface area contributed by atoms with Gasteiger partial charge in [0.05, 0.1) is 0 Å². The number of hydrogen-bond donors (Lipinski definition) is 1. The first kappa shape index (κ1) is 15.3. The van der Waals surface area contributed by atoms with Crippen LogP contribution in [0.5, 0.6) is 0 Å². The van der Waals surface area contributed by atoms with E-state index >= 15 is 0 Å². The van der Waals surface area contributed by atoms with Crippen molar-refractivity contribution in [2.45, 2.75) is 45.7 Å². The number of halogens is 1. The number of carbonyl (C=O) groups is 1. The summed E-state index contributed by atoms with van der Waals surface area (Å²) >= 11 is 6.03. The van der Waals surface area contributed by atoms with Gasteiger partial charge in [-0.1, -0.05) is 17.7 Å². The van der Waals surface area contributed by atoms with Gasteiger partial charge in [-0.3, -0.25) is 4.79 Å². The summed E-state index contributed by atoms with van der Waals surface area (Å²) in [5.74, 6) is 0.0775. The number of benzene rings is 1. The molecule has 1 saturated heterocycles. The smallest absolute Gasteiger partial charge is 0.254 e. The maximum absolute atomic E-state index is 12.8. The van der Waals surface area contributed by atoms with E-state index in [2.05, 4.69) is 19.2 Å². The lowest BCUT2D eigenvalue weighted by Crippen LogP contribution is -2.45. The van der Waals surface area contributed by atoms with Crippen molar-refractivity contribution >= 4 is 17.5 Å². The molecule has 20 heavy (non-hydrogen) atoms. The zero-order valence-corrected chi connectivity index (χ0v) is 13.2. The minimum absolute atomic E-state index is 0.0775. The Hall–Kier alpha value is -1.06. The highest BCUT2D eigenvalue weighted by Crippen LogP contribution is 2.19. The molecule has 1 amide bonds. The van der Waals surface area contributed by atoms with E-state index in [1.54, 1.807) is 6.07 Å². The molecule has 1 aliphatic rings. The molecule has 4 heteroatoms. The lowest BCUT2D eigenvalue weighted by atomic mass is 10.1. The largest absolute Gasteiger partial charge is 0.335 e. The van der Waals surface area contributed by atoms with E-state index in [-0.39, 0.29) is 11.9 Å². The summed E-state index contributed by atoms with van der Waals surface area (Å²) in [5, 5.41) is 4.07. The molecule has 0 aromatic heterocycles. The molecule has 0 aliphatic carbocycles. The van der Waals surface area contributed by atoms with Gasteiger partial charge in [-0.05, 0) is 57.9 Å². The molecule has 3 nitrogen and oxygen atoms in total. The van der Waals surface area contributed by atoms with Crippen LogP contribution in [-0.2, 0) is 0 Å². The molecule has 1 atom stereocenters. The zero-order valence-electron chi connectivity index (χ0n) is 12.4. The van der Waals surface area contributed by atoms with Crippen molar-refractivity contribution in [3.8, 4) is 0 Å². The molecule has 1 fully saturated rings. The third-order valence-electron chi connectivity index (χ3n) is 3.89. The summed E-state index contributed by atoms with van der Waals surface area (Å²) in [5.41, 5.74) is 1.69. The monoisotopic (exact) mass is 294 g/mol. The van der Waals surface area contributed by atoms with E-state index in [0.29, 0.717) is 16.6 Å². The molecule has 1 aromatic rings. The van der Waals surface area contributed by atoms with E-state index in [0.717, 1.165) is 25.1 Å². The molecule has 1 N–H and O–H groups in total. The van der Waals surface area contributed by atoms with Gasteiger partial charge in [-0.15, -0.1) is 0 Å². The Kier molecular flexibility index (Phi) is 5.06. The SMILES string of the molecule is Cc1ccc(Cl)cc1C(=O)N(CC1CCCN1)C(C)C. The molecular formula is C16H23ClN2O. The predicted molar refractivity (Wildman–Crippen MR) is 83.4 cm³/mol. The van der Waals surface area contributed by atoms with Crippen LogP contribution in [0.4, 0.5) is 0 Å². The summed E-state index contributed by atoms with van der Waals surface area (Å²) in [6.45, 7) is 7.90. The quantitative estimate of drug-likeness (QED) is 0.924. The minimum Gasteiger partial charge on any atom is -0.335 e. The summed E-state index contributed by atoms with van der Waals surface area (Å²) in [6, 6.07) is 6.11. The van der Waals surface area contributed by atoms with Crippen LogP contribution in [0.2, 0.25) is 5.02 Å². The lowest BCUT2D eigenvalue weighted by molar-refractivity contribution is 0.0688. The number of nitrogens with zero attached hydrogens (tertiary/aromatic N) is 1. The molecule has 110 valence electrons. The van der Waals surface area contributed by atoms with E-state index in [1.807, 2.05) is 24.0 Å². The van der Waals surface area contributed by atoms with E-state index in [4.69, 9.17) is 11.6 Å². The second-order valence-corrected chi connectivity index (χ2v) is 6.24. The molecule has 1 aliphatic heterocycles. The van der Waals surface area contributed by atoms with Gasteiger partial charge in [0, 0.05) is 29.2 Å². The number of rotatable bonds is 4. The highest BCUT2D eigenvalue weighted by Gasteiger charge is 2.25. The lowest BCUT2D eigenvalue weighted by Gasteiger charge is -2.30. The topological polar surface area (TPSA) is 32.3 Å². The van der Waals surface area contributed by atoms with Gasteiger partial charge in [0.1, 0.15) is 0 Å². The fourth-order valence-corrected chi connectivity index (χ4v) is 2.83. The highest BCUT2D eigenvalue weighted by molar-refractivity contribution is 6.31. The number of hydrogen-bond acceptors (Lipinski definition) is 2. The molecular weight excluding hydrogens is 272 g/mol. The summed E-state index contributed by atoms with van der Waals surface area (Å²) in [6.07, 6.45) is 2.34. The predicted octanol–water partition coefficient (Wildman–Crippen LogP) is 3.25. The average Bonchev–Trinajstić information content (AvgIpc) is 2.90. The van der Waals surface area contributed by atoms with Gasteiger partial charge in [-0.25, -0.2) is 0 Å². The molecule has 0 saturated carbocycles. The molecule has 1 heterocycles. The molecule has 1 aromatic carbocycles. The second-order valence-electron chi connectivity index (χ2n) is 5.80. The van der Waals surface area contributed by atoms with E-state index < -0.39 is 0 Å². The summed E-state index contributed by atoms with van der Waals surface area (Å²) < 4.78 is 0. The van der Waals surface area contributed by atoms with Crippen LogP contribution in [0.1, 0.15) is 42.6 Å². The van der Waals surface area contributed by atoms with Crippen molar-refractivity contribution in [1.82, 2.24) is 10.2 Å². The fourth-order valence-electron chi connectivity index (χ4n) is 2.66. The van der Waals surface area contributed by atoms with Crippen molar-refractivity contribution in [2.75, 3.05) is 13.1 Å². The van der Waals surface area contributed by atoms with E-state index in [1.165, 1.54) is 6.42 Å². The minimum atomic E-state index is 0.0775. The van der Waals surface area contributed by atoms with E-state index in [9.17, 15) is 4.79 Å². The van der Waals surface area contributed by atoms with Crippen LogP contribution in [0.3, 0.4) is 0 Å². The number of amides is 1. The Morgan fingerprint density at radius 2 is 2.25 bits per heavy atom. The van der Waals surface area contributed by atoms with Crippen LogP contribution in [0, 0.1) is 6.92 Å².